The van der Waals surface area contributed by atoms with E-state index in [2.05, 4.69) is 5.32 Å². The summed E-state index contributed by atoms with van der Waals surface area (Å²) in [7, 11) is -4.09. The van der Waals surface area contributed by atoms with Crippen molar-refractivity contribution in [1.82, 2.24) is 4.31 Å². The lowest BCUT2D eigenvalue weighted by atomic mass is 10.1. The van der Waals surface area contributed by atoms with Gasteiger partial charge in [0.1, 0.15) is 0 Å². The van der Waals surface area contributed by atoms with E-state index in [0.29, 0.717) is 24.2 Å². The Hall–Kier alpha value is -2.92. The number of carbonyl (C=O) groups excluding carboxylic acids is 2. The van der Waals surface area contributed by atoms with E-state index in [-0.39, 0.29) is 17.3 Å². The summed E-state index contributed by atoms with van der Waals surface area (Å²) in [6.45, 7) is 2.69. The van der Waals surface area contributed by atoms with E-state index in [9.17, 15) is 31.2 Å². The van der Waals surface area contributed by atoms with Gasteiger partial charge in [-0.05, 0) is 42.3 Å². The first-order valence-corrected chi connectivity index (χ1v) is 11.3. The minimum absolute atomic E-state index is 0.0491. The van der Waals surface area contributed by atoms with Crippen molar-refractivity contribution in [3.63, 3.8) is 0 Å². The number of likely N-dealkylation sites (N-methyl/N-ethyl adjacent to an activating group) is 1. The van der Waals surface area contributed by atoms with Crippen molar-refractivity contribution >= 4 is 33.2 Å². The van der Waals surface area contributed by atoms with Crippen LogP contribution in [-0.4, -0.2) is 44.2 Å². The number of carbonyl (C=O) groups is 2. The number of halogens is 3. The molecule has 7 nitrogen and oxygen atoms in total. The highest BCUT2D eigenvalue weighted by molar-refractivity contribution is 7.89. The van der Waals surface area contributed by atoms with Gasteiger partial charge in [0.05, 0.1) is 22.7 Å². The first kappa shape index (κ1) is 23.7. The van der Waals surface area contributed by atoms with E-state index in [0.717, 1.165) is 16.4 Å². The molecule has 0 unspecified atom stereocenters. The normalized spacial score (nSPS) is 13.9. The van der Waals surface area contributed by atoms with Gasteiger partial charge < -0.3 is 10.2 Å². The van der Waals surface area contributed by atoms with Crippen molar-refractivity contribution in [2.45, 2.75) is 31.3 Å². The Morgan fingerprint density at radius 2 is 1.84 bits per heavy atom. The fraction of sp³-hybridized carbons (Fsp3) is 0.333. The van der Waals surface area contributed by atoms with Gasteiger partial charge in [-0.15, -0.1) is 0 Å². The molecule has 11 heteroatoms. The summed E-state index contributed by atoms with van der Waals surface area (Å²) in [5.74, 6) is -1.04. The molecular formula is C21H22F3N3O4S. The second kappa shape index (κ2) is 8.91. The van der Waals surface area contributed by atoms with Crippen molar-refractivity contribution in [2.75, 3.05) is 29.9 Å². The zero-order valence-electron chi connectivity index (χ0n) is 17.4. The van der Waals surface area contributed by atoms with Crippen LogP contribution in [-0.2, 0) is 32.2 Å². The Balaban J connectivity index is 1.80. The van der Waals surface area contributed by atoms with Crippen LogP contribution in [0.3, 0.4) is 0 Å². The van der Waals surface area contributed by atoms with Crippen LogP contribution >= 0.6 is 0 Å². The predicted molar refractivity (Wildman–Crippen MR) is 113 cm³/mol. The van der Waals surface area contributed by atoms with Gasteiger partial charge in [-0.3, -0.25) is 9.59 Å². The lowest BCUT2D eigenvalue weighted by molar-refractivity contribution is -0.137. The number of rotatable bonds is 6. The highest BCUT2D eigenvalue weighted by Crippen LogP contribution is 2.35. The molecule has 1 aliphatic rings. The van der Waals surface area contributed by atoms with Crippen LogP contribution in [0.25, 0.3) is 0 Å². The van der Waals surface area contributed by atoms with Crippen LogP contribution in [0.4, 0.5) is 24.5 Å². The maximum atomic E-state index is 13.1. The molecule has 0 fully saturated rings. The average molecular weight is 469 g/mol. The van der Waals surface area contributed by atoms with Gasteiger partial charge in [0.25, 0.3) is 0 Å². The fourth-order valence-electron chi connectivity index (χ4n) is 3.57. The third-order valence-corrected chi connectivity index (χ3v) is 7.06. The first-order chi connectivity index (χ1) is 14.9. The average Bonchev–Trinajstić information content (AvgIpc) is 3.15. The van der Waals surface area contributed by atoms with E-state index < -0.39 is 39.9 Å². The molecule has 0 atom stereocenters. The maximum Gasteiger partial charge on any atom is 0.418 e. The standard InChI is InChI=1S/C21H22F3N3O4S/c1-3-26(13-20(29)25-18-7-5-4-6-17(18)21(22,23)24)32(30,31)16-8-9-19-15(12-16)10-11-27(19)14(2)28/h4-9,12H,3,10-11,13H2,1-2H3,(H,25,29). The van der Waals surface area contributed by atoms with E-state index in [1.807, 2.05) is 0 Å². The SMILES string of the molecule is CCN(CC(=O)Nc1ccccc1C(F)(F)F)S(=O)(=O)c1ccc2c(c1)CCN2C(C)=O. The fourth-order valence-corrected chi connectivity index (χ4v) is 5.03. The molecule has 1 heterocycles. The number of alkyl halides is 3. The molecule has 2 aromatic carbocycles. The number of hydrogen-bond donors (Lipinski definition) is 1. The zero-order valence-corrected chi connectivity index (χ0v) is 18.3. The molecular weight excluding hydrogens is 447 g/mol. The molecule has 0 spiro atoms. The van der Waals surface area contributed by atoms with Gasteiger partial charge in [-0.2, -0.15) is 17.5 Å². The van der Waals surface area contributed by atoms with Crippen LogP contribution < -0.4 is 10.2 Å². The smallest absolute Gasteiger partial charge is 0.324 e. The van der Waals surface area contributed by atoms with Crippen molar-refractivity contribution < 1.29 is 31.2 Å². The highest BCUT2D eigenvalue weighted by atomic mass is 32.2. The quantitative estimate of drug-likeness (QED) is 0.704. The topological polar surface area (TPSA) is 86.8 Å². The number of nitrogens with zero attached hydrogens (tertiary/aromatic N) is 2. The van der Waals surface area contributed by atoms with Crippen LogP contribution in [0.5, 0.6) is 0 Å². The van der Waals surface area contributed by atoms with Crippen LogP contribution in [0, 0.1) is 0 Å². The monoisotopic (exact) mass is 469 g/mol. The molecule has 1 N–H and O–H groups in total. The third kappa shape index (κ3) is 4.78. The summed E-state index contributed by atoms with van der Waals surface area (Å²) in [4.78, 5) is 25.6. The second-order valence-electron chi connectivity index (χ2n) is 7.23. The molecule has 1 aliphatic heterocycles. The molecule has 32 heavy (non-hydrogen) atoms. The van der Waals surface area contributed by atoms with E-state index in [1.165, 1.54) is 38.1 Å². The van der Waals surface area contributed by atoms with Gasteiger partial charge in [0.15, 0.2) is 0 Å². The number of hydrogen-bond acceptors (Lipinski definition) is 4. The summed E-state index contributed by atoms with van der Waals surface area (Å²) in [5, 5.41) is 2.16. The van der Waals surface area contributed by atoms with Gasteiger partial charge in [0, 0.05) is 25.7 Å². The highest BCUT2D eigenvalue weighted by Gasteiger charge is 2.34. The lowest BCUT2D eigenvalue weighted by Gasteiger charge is -2.21. The minimum atomic E-state index is -4.67. The number of nitrogens with one attached hydrogen (secondary N) is 1. The Bertz CT molecular complexity index is 1150. The van der Waals surface area contributed by atoms with E-state index in [1.54, 1.807) is 11.0 Å². The summed E-state index contributed by atoms with van der Waals surface area (Å²) >= 11 is 0. The minimum Gasteiger partial charge on any atom is -0.324 e. The molecule has 0 saturated carbocycles. The lowest BCUT2D eigenvalue weighted by Crippen LogP contribution is -2.38. The summed E-state index contributed by atoms with van der Waals surface area (Å²) in [6, 6.07) is 8.84. The Morgan fingerprint density at radius 3 is 2.47 bits per heavy atom. The van der Waals surface area contributed by atoms with Crippen molar-refractivity contribution in [3.8, 4) is 0 Å². The molecule has 2 aromatic rings. The maximum absolute atomic E-state index is 13.1. The van der Waals surface area contributed by atoms with Gasteiger partial charge in [0.2, 0.25) is 21.8 Å². The largest absolute Gasteiger partial charge is 0.418 e. The third-order valence-electron chi connectivity index (χ3n) is 5.14. The van der Waals surface area contributed by atoms with Crippen molar-refractivity contribution in [3.05, 3.63) is 53.6 Å². The number of para-hydroxylation sites is 1. The molecule has 0 aliphatic carbocycles. The number of sulfonamides is 1. The summed E-state index contributed by atoms with van der Waals surface area (Å²) in [5.41, 5.74) is -0.130. The molecule has 0 bridgehead atoms. The molecule has 2 amide bonds. The molecule has 172 valence electrons. The molecule has 0 aromatic heterocycles. The van der Waals surface area contributed by atoms with Crippen LogP contribution in [0.1, 0.15) is 25.0 Å². The van der Waals surface area contributed by atoms with Gasteiger partial charge in [-0.25, -0.2) is 8.42 Å². The summed E-state index contributed by atoms with van der Waals surface area (Å²) < 4.78 is 66.5. The van der Waals surface area contributed by atoms with Crippen LogP contribution in [0.15, 0.2) is 47.4 Å². The zero-order chi connectivity index (χ0) is 23.7. The number of benzene rings is 2. The van der Waals surface area contributed by atoms with E-state index >= 15 is 0 Å². The Morgan fingerprint density at radius 1 is 1.16 bits per heavy atom. The van der Waals surface area contributed by atoms with Gasteiger partial charge in [-0.1, -0.05) is 19.1 Å². The van der Waals surface area contributed by atoms with Gasteiger partial charge >= 0.3 is 6.18 Å². The second-order valence-corrected chi connectivity index (χ2v) is 9.17. The van der Waals surface area contributed by atoms with Crippen molar-refractivity contribution in [2.24, 2.45) is 0 Å². The number of anilines is 2. The Kier molecular flexibility index (Phi) is 6.61. The number of fused-ring (bicyclic) bond motifs is 1. The molecule has 3 rings (SSSR count). The summed E-state index contributed by atoms with van der Waals surface area (Å²) in [6.07, 6.45) is -4.17. The van der Waals surface area contributed by atoms with Crippen molar-refractivity contribution in [1.29, 1.82) is 0 Å². The molecule has 0 saturated heterocycles. The molecule has 0 radical (unpaired) electrons. The first-order valence-electron chi connectivity index (χ1n) is 9.82. The van der Waals surface area contributed by atoms with E-state index in [4.69, 9.17) is 0 Å². The predicted octanol–water partition coefficient (Wildman–Crippen LogP) is 3.26. The van der Waals surface area contributed by atoms with Crippen LogP contribution in [0.2, 0.25) is 0 Å². The Labute approximate surface area is 183 Å². The number of amides is 2.